The van der Waals surface area contributed by atoms with E-state index in [1.54, 1.807) is 15.6 Å². The van der Waals surface area contributed by atoms with Crippen molar-refractivity contribution in [1.82, 2.24) is 24.8 Å². The minimum absolute atomic E-state index is 0.0412. The van der Waals surface area contributed by atoms with Gasteiger partial charge in [0.25, 0.3) is 5.91 Å². The Balaban J connectivity index is 1.45. The summed E-state index contributed by atoms with van der Waals surface area (Å²) in [7, 11) is 3.77. The zero-order valence-corrected chi connectivity index (χ0v) is 15.2. The van der Waals surface area contributed by atoms with Crippen molar-refractivity contribution >= 4 is 11.9 Å². The summed E-state index contributed by atoms with van der Waals surface area (Å²) < 4.78 is 6.96. The zero-order valence-electron chi connectivity index (χ0n) is 15.2. The highest BCUT2D eigenvalue weighted by atomic mass is 16.5. The summed E-state index contributed by atoms with van der Waals surface area (Å²) in [4.78, 5) is 20.6. The molecule has 1 amide bonds. The number of aryl methyl sites for hydroxylation is 2. The average molecular weight is 346 g/mol. The second-order valence-corrected chi connectivity index (χ2v) is 6.72. The molecule has 0 atom stereocenters. The van der Waals surface area contributed by atoms with Crippen LogP contribution in [0.1, 0.15) is 42.5 Å². The fourth-order valence-corrected chi connectivity index (χ4v) is 3.10. The molecule has 3 heterocycles. The molecule has 1 fully saturated rings. The number of amides is 1. The van der Waals surface area contributed by atoms with Crippen molar-refractivity contribution in [2.75, 3.05) is 32.1 Å². The Kier molecular flexibility index (Phi) is 5.35. The Hall–Kier alpha value is -2.38. The maximum absolute atomic E-state index is 12.5. The van der Waals surface area contributed by atoms with Gasteiger partial charge >= 0.3 is 6.01 Å². The highest BCUT2D eigenvalue weighted by Gasteiger charge is 2.25. The number of anilines is 1. The lowest BCUT2D eigenvalue weighted by Crippen LogP contribution is -2.38. The Morgan fingerprint density at radius 1 is 1.36 bits per heavy atom. The number of hydrogen-bond donors (Lipinski definition) is 0. The van der Waals surface area contributed by atoms with Gasteiger partial charge in [-0.05, 0) is 38.2 Å². The normalized spacial score (nSPS) is 15.6. The molecule has 0 unspecified atom stereocenters. The standard InChI is InChI=1S/C17H26N6O2/c1-4-23-12-9-14(19-23)16(24)22-10-7-13(8-11-22)5-6-15-18-17(21(2)3)25-20-15/h9,12-13H,4-8,10-11H2,1-3H3. The second kappa shape index (κ2) is 7.67. The van der Waals surface area contributed by atoms with Crippen molar-refractivity contribution in [3.63, 3.8) is 0 Å². The lowest BCUT2D eigenvalue weighted by molar-refractivity contribution is 0.0679. The molecule has 3 rings (SSSR count). The van der Waals surface area contributed by atoms with Crippen molar-refractivity contribution < 1.29 is 9.32 Å². The van der Waals surface area contributed by atoms with Gasteiger partial charge in [0, 0.05) is 46.3 Å². The van der Waals surface area contributed by atoms with Crippen molar-refractivity contribution in [3.8, 4) is 0 Å². The number of rotatable bonds is 6. The summed E-state index contributed by atoms with van der Waals surface area (Å²) in [6.07, 6.45) is 5.72. The van der Waals surface area contributed by atoms with Crippen LogP contribution in [0.25, 0.3) is 0 Å². The van der Waals surface area contributed by atoms with Gasteiger partial charge in [-0.3, -0.25) is 9.48 Å². The minimum atomic E-state index is 0.0412. The first-order valence-corrected chi connectivity index (χ1v) is 8.89. The van der Waals surface area contributed by atoms with Crippen LogP contribution in [-0.2, 0) is 13.0 Å². The quantitative estimate of drug-likeness (QED) is 0.794. The highest BCUT2D eigenvalue weighted by molar-refractivity contribution is 5.92. The van der Waals surface area contributed by atoms with Gasteiger partial charge in [0.1, 0.15) is 5.69 Å². The molecule has 0 aromatic carbocycles. The second-order valence-electron chi connectivity index (χ2n) is 6.72. The number of hydrogen-bond acceptors (Lipinski definition) is 6. The molecule has 1 aliphatic heterocycles. The van der Waals surface area contributed by atoms with Gasteiger partial charge in [-0.25, -0.2) is 0 Å². The van der Waals surface area contributed by atoms with Crippen LogP contribution >= 0.6 is 0 Å². The van der Waals surface area contributed by atoms with Crippen molar-refractivity contribution in [1.29, 1.82) is 0 Å². The van der Waals surface area contributed by atoms with E-state index in [1.807, 2.05) is 32.1 Å². The molecule has 0 bridgehead atoms. The number of likely N-dealkylation sites (tertiary alicyclic amines) is 1. The van der Waals surface area contributed by atoms with E-state index >= 15 is 0 Å². The Labute approximate surface area is 147 Å². The summed E-state index contributed by atoms with van der Waals surface area (Å²) in [5, 5.41) is 8.32. The Bertz CT molecular complexity index is 700. The van der Waals surface area contributed by atoms with Crippen molar-refractivity contribution in [3.05, 3.63) is 23.8 Å². The smallest absolute Gasteiger partial charge is 0.323 e. The van der Waals surface area contributed by atoms with Crippen LogP contribution in [-0.4, -0.2) is 57.9 Å². The van der Waals surface area contributed by atoms with Crippen LogP contribution in [0.15, 0.2) is 16.8 Å². The first kappa shape index (κ1) is 17.4. The predicted molar refractivity (Wildman–Crippen MR) is 93.5 cm³/mol. The van der Waals surface area contributed by atoms with E-state index in [1.165, 1.54) is 0 Å². The molecule has 2 aromatic rings. The average Bonchev–Trinajstić information content (AvgIpc) is 3.29. The lowest BCUT2D eigenvalue weighted by atomic mass is 9.92. The monoisotopic (exact) mass is 346 g/mol. The molecular weight excluding hydrogens is 320 g/mol. The van der Waals surface area contributed by atoms with E-state index < -0.39 is 0 Å². The van der Waals surface area contributed by atoms with E-state index in [0.717, 1.165) is 51.1 Å². The van der Waals surface area contributed by atoms with Crippen LogP contribution in [0.3, 0.4) is 0 Å². The zero-order chi connectivity index (χ0) is 17.8. The molecule has 1 aliphatic rings. The molecule has 136 valence electrons. The molecule has 8 heteroatoms. The molecule has 8 nitrogen and oxygen atoms in total. The molecule has 0 radical (unpaired) electrons. The first-order valence-electron chi connectivity index (χ1n) is 8.89. The van der Waals surface area contributed by atoms with Gasteiger partial charge < -0.3 is 14.3 Å². The molecule has 0 aliphatic carbocycles. The maximum atomic E-state index is 12.5. The molecule has 25 heavy (non-hydrogen) atoms. The van der Waals surface area contributed by atoms with Gasteiger partial charge in [-0.2, -0.15) is 10.1 Å². The fraction of sp³-hybridized carbons (Fsp3) is 0.647. The number of nitrogens with zero attached hydrogens (tertiary/aromatic N) is 6. The van der Waals surface area contributed by atoms with E-state index in [2.05, 4.69) is 15.2 Å². The van der Waals surface area contributed by atoms with Crippen molar-refractivity contribution in [2.45, 2.75) is 39.2 Å². The summed E-state index contributed by atoms with van der Waals surface area (Å²) in [5.74, 6) is 1.39. The molecule has 0 N–H and O–H groups in total. The highest BCUT2D eigenvalue weighted by Crippen LogP contribution is 2.23. The van der Waals surface area contributed by atoms with E-state index in [4.69, 9.17) is 4.52 Å². The lowest BCUT2D eigenvalue weighted by Gasteiger charge is -2.31. The SMILES string of the molecule is CCn1ccc(C(=O)N2CCC(CCc3noc(N(C)C)n3)CC2)n1. The molecule has 0 saturated carbocycles. The topological polar surface area (TPSA) is 80.3 Å². The van der Waals surface area contributed by atoms with Crippen LogP contribution < -0.4 is 4.90 Å². The van der Waals surface area contributed by atoms with Crippen molar-refractivity contribution in [2.24, 2.45) is 5.92 Å². The summed E-state index contributed by atoms with van der Waals surface area (Å²) in [5.41, 5.74) is 0.545. The fourth-order valence-electron chi connectivity index (χ4n) is 3.10. The van der Waals surface area contributed by atoms with Crippen LogP contribution in [0.4, 0.5) is 6.01 Å². The number of carbonyl (C=O) groups is 1. The van der Waals surface area contributed by atoms with Crippen LogP contribution in [0, 0.1) is 5.92 Å². The van der Waals surface area contributed by atoms with E-state index in [-0.39, 0.29) is 5.91 Å². The number of piperidine rings is 1. The molecule has 1 saturated heterocycles. The summed E-state index contributed by atoms with van der Waals surface area (Å²) >= 11 is 0. The Morgan fingerprint density at radius 3 is 2.72 bits per heavy atom. The van der Waals surface area contributed by atoms with E-state index in [0.29, 0.717) is 17.6 Å². The molecule has 2 aromatic heterocycles. The van der Waals surface area contributed by atoms with Gasteiger partial charge in [0.15, 0.2) is 5.82 Å². The van der Waals surface area contributed by atoms with Gasteiger partial charge in [-0.1, -0.05) is 5.16 Å². The maximum Gasteiger partial charge on any atom is 0.323 e. The van der Waals surface area contributed by atoms with Crippen LogP contribution in [0.5, 0.6) is 0 Å². The minimum Gasteiger partial charge on any atom is -0.337 e. The molecular formula is C17H26N6O2. The molecule has 0 spiro atoms. The van der Waals surface area contributed by atoms with Crippen LogP contribution in [0.2, 0.25) is 0 Å². The van der Waals surface area contributed by atoms with Gasteiger partial charge in [-0.15, -0.1) is 0 Å². The number of aromatic nitrogens is 4. The summed E-state index contributed by atoms with van der Waals surface area (Å²) in [6, 6.07) is 2.35. The number of carbonyl (C=O) groups excluding carboxylic acids is 1. The summed E-state index contributed by atoms with van der Waals surface area (Å²) in [6.45, 7) is 4.37. The third-order valence-electron chi connectivity index (χ3n) is 4.70. The third kappa shape index (κ3) is 4.18. The van der Waals surface area contributed by atoms with E-state index in [9.17, 15) is 4.79 Å². The predicted octanol–water partition coefficient (Wildman–Crippen LogP) is 1.84. The van der Waals surface area contributed by atoms with Gasteiger partial charge in [0.05, 0.1) is 0 Å². The largest absolute Gasteiger partial charge is 0.337 e. The first-order chi connectivity index (χ1) is 12.1. The van der Waals surface area contributed by atoms with Gasteiger partial charge in [0.2, 0.25) is 0 Å². The Morgan fingerprint density at radius 2 is 2.12 bits per heavy atom. The third-order valence-corrected chi connectivity index (χ3v) is 4.70.